The summed E-state index contributed by atoms with van der Waals surface area (Å²) in [6, 6.07) is 7.73. The summed E-state index contributed by atoms with van der Waals surface area (Å²) >= 11 is 9.22. The van der Waals surface area contributed by atoms with E-state index in [1.165, 1.54) is 0 Å². The quantitative estimate of drug-likeness (QED) is 0.579. The van der Waals surface area contributed by atoms with Crippen molar-refractivity contribution in [3.05, 3.63) is 34.9 Å². The Hall–Kier alpha value is -0.540. The van der Waals surface area contributed by atoms with Crippen LogP contribution in [-0.4, -0.2) is 11.2 Å². The number of alkyl halides is 1. The van der Waals surface area contributed by atoms with Crippen molar-refractivity contribution in [1.29, 1.82) is 0 Å². The van der Waals surface area contributed by atoms with Crippen molar-refractivity contribution in [2.75, 3.05) is 5.33 Å². The summed E-state index contributed by atoms with van der Waals surface area (Å²) in [7, 11) is 0. The van der Waals surface area contributed by atoms with Crippen molar-refractivity contribution in [3.8, 4) is 0 Å². The summed E-state index contributed by atoms with van der Waals surface area (Å²) in [5.74, 6) is 0.123. The first-order valence-electron chi connectivity index (χ1n) is 6.28. The highest BCUT2D eigenvalue weighted by atomic mass is 79.9. The van der Waals surface area contributed by atoms with Crippen LogP contribution in [0.4, 0.5) is 0 Å². The average molecular weight is 333 g/mol. The van der Waals surface area contributed by atoms with Gasteiger partial charge in [-0.15, -0.1) is 0 Å². The molecule has 0 aliphatic rings. The molecule has 1 rings (SSSR count). The van der Waals surface area contributed by atoms with Crippen molar-refractivity contribution in [3.63, 3.8) is 0 Å². The molecule has 0 bridgehead atoms. The average Bonchev–Trinajstić information content (AvgIpc) is 2.37. The standard InChI is InChI=1S/C14H19BrClNO/c1-2-13(11-6-8-12(16)9-7-11)17-14(18)5-3-4-10-15/h6-9,13H,2-5,10H2,1H3,(H,17,18). The van der Waals surface area contributed by atoms with Crippen LogP contribution in [0.1, 0.15) is 44.2 Å². The Balaban J connectivity index is 2.51. The molecular formula is C14H19BrClNO. The zero-order valence-electron chi connectivity index (χ0n) is 10.6. The van der Waals surface area contributed by atoms with E-state index in [4.69, 9.17) is 11.6 Å². The Kier molecular flexibility index (Phi) is 7.36. The number of unbranched alkanes of at least 4 members (excludes halogenated alkanes) is 1. The van der Waals surface area contributed by atoms with Gasteiger partial charge in [0, 0.05) is 16.8 Å². The summed E-state index contributed by atoms with van der Waals surface area (Å²) in [5, 5.41) is 4.74. The first-order chi connectivity index (χ1) is 8.67. The maximum Gasteiger partial charge on any atom is 0.220 e. The molecule has 0 fully saturated rings. The fraction of sp³-hybridized carbons (Fsp3) is 0.500. The van der Waals surface area contributed by atoms with E-state index in [2.05, 4.69) is 28.2 Å². The summed E-state index contributed by atoms with van der Waals surface area (Å²) in [6.07, 6.45) is 3.43. The van der Waals surface area contributed by atoms with Gasteiger partial charge >= 0.3 is 0 Å². The molecule has 0 aromatic heterocycles. The van der Waals surface area contributed by atoms with Crippen molar-refractivity contribution in [2.45, 2.75) is 38.6 Å². The number of rotatable bonds is 7. The van der Waals surface area contributed by atoms with E-state index in [1.54, 1.807) is 0 Å². The molecule has 0 saturated carbocycles. The van der Waals surface area contributed by atoms with Crippen LogP contribution >= 0.6 is 27.5 Å². The van der Waals surface area contributed by atoms with Gasteiger partial charge in [0.25, 0.3) is 0 Å². The normalized spacial score (nSPS) is 12.2. The third-order valence-electron chi connectivity index (χ3n) is 2.80. The van der Waals surface area contributed by atoms with Crippen molar-refractivity contribution in [1.82, 2.24) is 5.32 Å². The number of nitrogens with one attached hydrogen (secondary N) is 1. The van der Waals surface area contributed by atoms with Gasteiger partial charge in [-0.1, -0.05) is 46.6 Å². The molecule has 0 aliphatic carbocycles. The van der Waals surface area contributed by atoms with Crippen LogP contribution < -0.4 is 5.32 Å². The highest BCUT2D eigenvalue weighted by Gasteiger charge is 2.12. The van der Waals surface area contributed by atoms with Gasteiger partial charge in [-0.05, 0) is 37.0 Å². The molecule has 18 heavy (non-hydrogen) atoms. The minimum absolute atomic E-state index is 0.0822. The lowest BCUT2D eigenvalue weighted by molar-refractivity contribution is -0.122. The van der Waals surface area contributed by atoms with Crippen LogP contribution in [-0.2, 0) is 4.79 Å². The van der Waals surface area contributed by atoms with E-state index < -0.39 is 0 Å². The van der Waals surface area contributed by atoms with Crippen LogP contribution in [0, 0.1) is 0 Å². The Morgan fingerprint density at radius 3 is 2.56 bits per heavy atom. The van der Waals surface area contributed by atoms with E-state index in [9.17, 15) is 4.79 Å². The van der Waals surface area contributed by atoms with E-state index in [0.29, 0.717) is 6.42 Å². The molecule has 1 N–H and O–H groups in total. The van der Waals surface area contributed by atoms with Crippen molar-refractivity contribution >= 4 is 33.4 Å². The highest BCUT2D eigenvalue weighted by Crippen LogP contribution is 2.19. The number of hydrogen-bond acceptors (Lipinski definition) is 1. The summed E-state index contributed by atoms with van der Waals surface area (Å²) in [6.45, 7) is 2.07. The van der Waals surface area contributed by atoms with Gasteiger partial charge in [-0.25, -0.2) is 0 Å². The largest absolute Gasteiger partial charge is 0.349 e. The smallest absolute Gasteiger partial charge is 0.220 e. The number of halogens is 2. The van der Waals surface area contributed by atoms with Crippen LogP contribution in [0.2, 0.25) is 5.02 Å². The maximum absolute atomic E-state index is 11.8. The van der Waals surface area contributed by atoms with Crippen LogP contribution in [0.5, 0.6) is 0 Å². The lowest BCUT2D eigenvalue weighted by Crippen LogP contribution is -2.27. The molecule has 0 spiro atoms. The van der Waals surface area contributed by atoms with E-state index in [-0.39, 0.29) is 11.9 Å². The van der Waals surface area contributed by atoms with E-state index in [0.717, 1.165) is 35.2 Å². The lowest BCUT2D eigenvalue weighted by Gasteiger charge is -2.17. The molecule has 1 atom stereocenters. The molecular weight excluding hydrogens is 314 g/mol. The first kappa shape index (κ1) is 15.5. The SMILES string of the molecule is CCC(NC(=O)CCCCBr)c1ccc(Cl)cc1. The Bertz CT molecular complexity index is 367. The summed E-state index contributed by atoms with van der Waals surface area (Å²) < 4.78 is 0. The molecule has 1 amide bonds. The molecule has 1 aromatic carbocycles. The molecule has 0 aliphatic heterocycles. The number of benzene rings is 1. The highest BCUT2D eigenvalue weighted by molar-refractivity contribution is 9.09. The molecule has 1 unspecified atom stereocenters. The zero-order valence-corrected chi connectivity index (χ0v) is 12.9. The fourth-order valence-corrected chi connectivity index (χ4v) is 2.29. The maximum atomic E-state index is 11.8. The number of amides is 1. The van der Waals surface area contributed by atoms with Crippen LogP contribution in [0.25, 0.3) is 0 Å². The van der Waals surface area contributed by atoms with E-state index >= 15 is 0 Å². The van der Waals surface area contributed by atoms with Gasteiger partial charge in [-0.2, -0.15) is 0 Å². The molecule has 0 saturated heterocycles. The van der Waals surface area contributed by atoms with Crippen LogP contribution in [0.15, 0.2) is 24.3 Å². The van der Waals surface area contributed by atoms with Gasteiger partial charge in [0.05, 0.1) is 6.04 Å². The van der Waals surface area contributed by atoms with Gasteiger partial charge < -0.3 is 5.32 Å². The molecule has 4 heteroatoms. The molecule has 0 radical (unpaired) electrons. The predicted octanol–water partition coefficient (Wildman–Crippen LogP) is 4.47. The Labute approximate surface area is 122 Å². The monoisotopic (exact) mass is 331 g/mol. The minimum atomic E-state index is 0.0822. The Morgan fingerprint density at radius 2 is 2.00 bits per heavy atom. The second-order valence-corrected chi connectivity index (χ2v) is 5.46. The second kappa shape index (κ2) is 8.54. The summed E-state index contributed by atoms with van der Waals surface area (Å²) in [4.78, 5) is 11.8. The topological polar surface area (TPSA) is 29.1 Å². The fourth-order valence-electron chi connectivity index (χ4n) is 1.76. The van der Waals surface area contributed by atoms with Gasteiger partial charge in [0.2, 0.25) is 5.91 Å². The zero-order chi connectivity index (χ0) is 13.4. The van der Waals surface area contributed by atoms with Crippen LogP contribution in [0.3, 0.4) is 0 Å². The van der Waals surface area contributed by atoms with Crippen molar-refractivity contribution in [2.24, 2.45) is 0 Å². The number of hydrogen-bond donors (Lipinski definition) is 1. The molecule has 0 heterocycles. The van der Waals surface area contributed by atoms with E-state index in [1.807, 2.05) is 24.3 Å². The molecule has 2 nitrogen and oxygen atoms in total. The van der Waals surface area contributed by atoms with Crippen molar-refractivity contribution < 1.29 is 4.79 Å². The first-order valence-corrected chi connectivity index (χ1v) is 7.78. The lowest BCUT2D eigenvalue weighted by atomic mass is 10.0. The third kappa shape index (κ3) is 5.40. The Morgan fingerprint density at radius 1 is 1.33 bits per heavy atom. The van der Waals surface area contributed by atoms with Gasteiger partial charge in [-0.3, -0.25) is 4.79 Å². The van der Waals surface area contributed by atoms with Gasteiger partial charge in [0.15, 0.2) is 0 Å². The molecule has 100 valence electrons. The second-order valence-electron chi connectivity index (χ2n) is 4.23. The minimum Gasteiger partial charge on any atom is -0.349 e. The number of carbonyl (C=O) groups excluding carboxylic acids is 1. The predicted molar refractivity (Wildman–Crippen MR) is 80.3 cm³/mol. The third-order valence-corrected chi connectivity index (χ3v) is 3.62. The van der Waals surface area contributed by atoms with Gasteiger partial charge in [0.1, 0.15) is 0 Å². The number of carbonyl (C=O) groups is 1. The summed E-state index contributed by atoms with van der Waals surface area (Å²) in [5.41, 5.74) is 1.11. The molecule has 1 aromatic rings.